The average Bonchev–Trinajstić information content (AvgIpc) is 3.00. The molecule has 1 fully saturated rings. The molecule has 1 aromatic carbocycles. The highest BCUT2D eigenvalue weighted by Gasteiger charge is 2.28. The summed E-state index contributed by atoms with van der Waals surface area (Å²) in [5.74, 6) is 0.196. The van der Waals surface area contributed by atoms with Crippen LogP contribution in [0, 0.1) is 24.2 Å². The normalized spacial score (nSPS) is 19.0. The Kier molecular flexibility index (Phi) is 6.61. The number of carbonyl (C=O) groups is 1. The molecule has 1 N–H and O–H groups in total. The van der Waals surface area contributed by atoms with Gasteiger partial charge < -0.3 is 10.0 Å². The molecule has 0 aromatic heterocycles. The van der Waals surface area contributed by atoms with Crippen molar-refractivity contribution in [3.63, 3.8) is 0 Å². The molecule has 2 unspecified atom stereocenters. The van der Waals surface area contributed by atoms with Crippen molar-refractivity contribution in [3.8, 4) is 6.07 Å². The fourth-order valence-corrected chi connectivity index (χ4v) is 3.15. The zero-order valence-corrected chi connectivity index (χ0v) is 15.0. The van der Waals surface area contributed by atoms with Crippen molar-refractivity contribution in [3.05, 3.63) is 28.8 Å². The van der Waals surface area contributed by atoms with Crippen molar-refractivity contribution in [2.24, 2.45) is 5.92 Å². The van der Waals surface area contributed by atoms with Crippen LogP contribution in [0.3, 0.4) is 0 Å². The number of aliphatic hydroxyl groups excluding tert-OH is 1. The maximum Gasteiger partial charge on any atom is 0.241 e. The van der Waals surface area contributed by atoms with E-state index in [0.717, 1.165) is 30.8 Å². The third-order valence-electron chi connectivity index (χ3n) is 4.55. The van der Waals surface area contributed by atoms with Crippen LogP contribution in [0.2, 0.25) is 5.02 Å². The van der Waals surface area contributed by atoms with Gasteiger partial charge in [0.1, 0.15) is 0 Å². The van der Waals surface area contributed by atoms with E-state index in [4.69, 9.17) is 16.9 Å². The zero-order chi connectivity index (χ0) is 17.7. The number of benzene rings is 1. The van der Waals surface area contributed by atoms with Crippen molar-refractivity contribution >= 4 is 23.2 Å². The second-order valence-electron chi connectivity index (χ2n) is 6.41. The van der Waals surface area contributed by atoms with Crippen LogP contribution in [0.1, 0.15) is 25.3 Å². The Morgan fingerprint density at radius 1 is 1.58 bits per heavy atom. The summed E-state index contributed by atoms with van der Waals surface area (Å²) in [5, 5.41) is 19.2. The highest BCUT2D eigenvalue weighted by molar-refractivity contribution is 6.31. The van der Waals surface area contributed by atoms with E-state index in [1.165, 1.54) is 0 Å². The van der Waals surface area contributed by atoms with Gasteiger partial charge in [0.15, 0.2) is 0 Å². The van der Waals surface area contributed by atoms with Gasteiger partial charge >= 0.3 is 0 Å². The molecule has 1 aromatic rings. The van der Waals surface area contributed by atoms with E-state index in [9.17, 15) is 9.90 Å². The van der Waals surface area contributed by atoms with Crippen molar-refractivity contribution in [2.75, 3.05) is 31.1 Å². The van der Waals surface area contributed by atoms with Gasteiger partial charge in [0.2, 0.25) is 5.91 Å². The summed E-state index contributed by atoms with van der Waals surface area (Å²) in [6, 6.07) is 7.56. The summed E-state index contributed by atoms with van der Waals surface area (Å²) in [6.45, 7) is 5.90. The van der Waals surface area contributed by atoms with E-state index < -0.39 is 0 Å². The third kappa shape index (κ3) is 4.70. The molecule has 1 aliphatic rings. The van der Waals surface area contributed by atoms with E-state index >= 15 is 0 Å². The first-order valence-electron chi connectivity index (χ1n) is 8.26. The molecule has 1 aliphatic heterocycles. The molecule has 130 valence electrons. The van der Waals surface area contributed by atoms with Gasteiger partial charge in [-0.1, -0.05) is 11.6 Å². The van der Waals surface area contributed by atoms with Crippen LogP contribution in [0.15, 0.2) is 18.2 Å². The van der Waals surface area contributed by atoms with E-state index in [-0.39, 0.29) is 24.3 Å². The van der Waals surface area contributed by atoms with Crippen molar-refractivity contribution in [1.29, 1.82) is 5.26 Å². The summed E-state index contributed by atoms with van der Waals surface area (Å²) in [6.07, 6.45) is 0.839. The summed E-state index contributed by atoms with van der Waals surface area (Å²) in [4.78, 5) is 16.5. The molecule has 0 radical (unpaired) electrons. The van der Waals surface area contributed by atoms with E-state index in [1.54, 1.807) is 17.9 Å². The van der Waals surface area contributed by atoms with E-state index in [1.807, 2.05) is 19.1 Å². The first-order chi connectivity index (χ1) is 11.4. The number of hydrogen-bond acceptors (Lipinski definition) is 4. The Bertz CT molecular complexity index is 627. The number of halogens is 1. The van der Waals surface area contributed by atoms with E-state index in [2.05, 4.69) is 11.0 Å². The monoisotopic (exact) mass is 349 g/mol. The molecule has 1 amide bonds. The Morgan fingerprint density at radius 3 is 2.92 bits per heavy atom. The standard InChI is InChI=1S/C18H24ClN3O2/c1-13-10-16(4-5-17(13)19)22(8-3-7-20)18(24)12-21-9-6-15(11-21)14(2)23/h4-5,10,14-15,23H,3,6,8-9,11-12H2,1-2H3. The topological polar surface area (TPSA) is 67.6 Å². The minimum Gasteiger partial charge on any atom is -0.393 e. The molecular weight excluding hydrogens is 326 g/mol. The molecule has 1 saturated heterocycles. The van der Waals surface area contributed by atoms with Gasteiger partial charge in [0, 0.05) is 23.8 Å². The van der Waals surface area contributed by atoms with Gasteiger partial charge in [-0.05, 0) is 56.5 Å². The van der Waals surface area contributed by atoms with Gasteiger partial charge in [0.25, 0.3) is 0 Å². The zero-order valence-electron chi connectivity index (χ0n) is 14.2. The Labute approximate surface area is 148 Å². The number of likely N-dealkylation sites (tertiary alicyclic amines) is 1. The number of amides is 1. The van der Waals surface area contributed by atoms with Gasteiger partial charge in [-0.2, -0.15) is 5.26 Å². The molecule has 0 spiro atoms. The lowest BCUT2D eigenvalue weighted by molar-refractivity contribution is -0.119. The second kappa shape index (κ2) is 8.48. The number of carbonyl (C=O) groups excluding carboxylic acids is 1. The predicted molar refractivity (Wildman–Crippen MR) is 95.0 cm³/mol. The molecule has 2 rings (SSSR count). The molecule has 1 heterocycles. The minimum absolute atomic E-state index is 0.0294. The minimum atomic E-state index is -0.348. The molecule has 0 aliphatic carbocycles. The number of rotatable bonds is 6. The first kappa shape index (κ1) is 18.7. The molecule has 5 nitrogen and oxygen atoms in total. The average molecular weight is 350 g/mol. The van der Waals surface area contributed by atoms with Crippen LogP contribution in [0.4, 0.5) is 5.69 Å². The summed E-state index contributed by atoms with van der Waals surface area (Å²) in [5.41, 5.74) is 1.67. The molecule has 24 heavy (non-hydrogen) atoms. The SMILES string of the molecule is Cc1cc(N(CCC#N)C(=O)CN2CCC(C(C)O)C2)ccc1Cl. The molecule has 0 saturated carbocycles. The molecular formula is C18H24ClN3O2. The molecule has 6 heteroatoms. The van der Waals surface area contributed by atoms with Gasteiger partial charge in [-0.25, -0.2) is 0 Å². The molecule has 0 bridgehead atoms. The number of nitrogens with zero attached hydrogens (tertiary/aromatic N) is 3. The van der Waals surface area contributed by atoms with Crippen LogP contribution in [-0.2, 0) is 4.79 Å². The van der Waals surface area contributed by atoms with Gasteiger partial charge in [-0.15, -0.1) is 0 Å². The Hall–Kier alpha value is -1.61. The highest BCUT2D eigenvalue weighted by Crippen LogP contribution is 2.24. The second-order valence-corrected chi connectivity index (χ2v) is 6.82. The first-order valence-corrected chi connectivity index (χ1v) is 8.64. The number of nitriles is 1. The number of aryl methyl sites for hydroxylation is 1. The number of hydrogen-bond donors (Lipinski definition) is 1. The van der Waals surface area contributed by atoms with Gasteiger partial charge in [0.05, 0.1) is 25.1 Å². The Morgan fingerprint density at radius 2 is 2.33 bits per heavy atom. The highest BCUT2D eigenvalue weighted by atomic mass is 35.5. The smallest absolute Gasteiger partial charge is 0.241 e. The maximum absolute atomic E-state index is 12.8. The number of aliphatic hydroxyl groups is 1. The van der Waals surface area contributed by atoms with Crippen molar-refractivity contribution < 1.29 is 9.90 Å². The maximum atomic E-state index is 12.8. The van der Waals surface area contributed by atoms with Crippen LogP contribution in [0.5, 0.6) is 0 Å². The number of anilines is 1. The van der Waals surface area contributed by atoms with Gasteiger partial charge in [-0.3, -0.25) is 9.69 Å². The summed E-state index contributed by atoms with van der Waals surface area (Å²) in [7, 11) is 0. The van der Waals surface area contributed by atoms with Crippen LogP contribution >= 0.6 is 11.6 Å². The van der Waals surface area contributed by atoms with Crippen molar-refractivity contribution in [1.82, 2.24) is 4.90 Å². The van der Waals surface area contributed by atoms with E-state index in [0.29, 0.717) is 18.1 Å². The van der Waals surface area contributed by atoms with Crippen LogP contribution < -0.4 is 4.90 Å². The largest absolute Gasteiger partial charge is 0.393 e. The Balaban J connectivity index is 2.08. The summed E-state index contributed by atoms with van der Waals surface area (Å²) >= 11 is 6.06. The lowest BCUT2D eigenvalue weighted by atomic mass is 10.0. The summed E-state index contributed by atoms with van der Waals surface area (Å²) < 4.78 is 0. The lowest BCUT2D eigenvalue weighted by Crippen LogP contribution is -2.40. The predicted octanol–water partition coefficient (Wildman–Crippen LogP) is 2.60. The van der Waals surface area contributed by atoms with Crippen molar-refractivity contribution in [2.45, 2.75) is 32.8 Å². The fourth-order valence-electron chi connectivity index (χ4n) is 3.03. The fraction of sp³-hybridized carbons (Fsp3) is 0.556. The molecule has 2 atom stereocenters. The third-order valence-corrected chi connectivity index (χ3v) is 4.98. The lowest BCUT2D eigenvalue weighted by Gasteiger charge is -2.25. The van der Waals surface area contributed by atoms with Crippen LogP contribution in [0.25, 0.3) is 0 Å². The van der Waals surface area contributed by atoms with Crippen LogP contribution in [-0.4, -0.2) is 48.2 Å². The quantitative estimate of drug-likeness (QED) is 0.857.